The second-order valence-corrected chi connectivity index (χ2v) is 7.25. The summed E-state index contributed by atoms with van der Waals surface area (Å²) in [5.41, 5.74) is 0.803. The van der Waals surface area contributed by atoms with Gasteiger partial charge in [-0.25, -0.2) is 0 Å². The number of nitriles is 1. The van der Waals surface area contributed by atoms with Crippen LogP contribution < -0.4 is 0 Å². The Kier molecular flexibility index (Phi) is 4.97. The average Bonchev–Trinajstić information content (AvgIpc) is 2.96. The molecule has 0 atom stereocenters. The van der Waals surface area contributed by atoms with Gasteiger partial charge in [0, 0.05) is 28.5 Å². The van der Waals surface area contributed by atoms with Gasteiger partial charge >= 0.3 is 0 Å². The molecule has 0 unspecified atom stereocenters. The van der Waals surface area contributed by atoms with Crippen molar-refractivity contribution in [3.8, 4) is 6.07 Å². The summed E-state index contributed by atoms with van der Waals surface area (Å²) in [4.78, 5) is 12.7. The number of rotatable bonds is 3. The van der Waals surface area contributed by atoms with E-state index < -0.39 is 5.41 Å². The van der Waals surface area contributed by atoms with Crippen LogP contribution in [0.15, 0.2) is 26.9 Å². The second-order valence-electron chi connectivity index (χ2n) is 6.40. The van der Waals surface area contributed by atoms with Crippen LogP contribution in [0.3, 0.4) is 0 Å². The lowest BCUT2D eigenvalue weighted by atomic mass is 9.85. The standard InChI is InChI=1S/C16H19BrN4O/c1-16(2,3)15(22)12-8-11(10-18)9-13(17)14(12)19-20-21-6-4-5-7-21/h8-9H,4-7H2,1-3H3. The van der Waals surface area contributed by atoms with Gasteiger partial charge < -0.3 is 0 Å². The Balaban J connectivity index is 2.46. The molecular formula is C16H19BrN4O. The zero-order valence-corrected chi connectivity index (χ0v) is 14.6. The van der Waals surface area contributed by atoms with Gasteiger partial charge in [0.1, 0.15) is 5.69 Å². The van der Waals surface area contributed by atoms with Crippen LogP contribution in [0.4, 0.5) is 5.69 Å². The molecule has 0 aromatic heterocycles. The van der Waals surface area contributed by atoms with Crippen molar-refractivity contribution in [2.45, 2.75) is 33.6 Å². The number of halogens is 1. The Morgan fingerprint density at radius 1 is 1.32 bits per heavy atom. The van der Waals surface area contributed by atoms with Gasteiger partial charge in [-0.15, -0.1) is 5.11 Å². The molecular weight excluding hydrogens is 344 g/mol. The Hall–Kier alpha value is -1.74. The molecule has 1 fully saturated rings. The minimum Gasteiger partial charge on any atom is -0.294 e. The fourth-order valence-corrected chi connectivity index (χ4v) is 2.78. The number of hydrogen-bond donors (Lipinski definition) is 0. The van der Waals surface area contributed by atoms with E-state index >= 15 is 0 Å². The van der Waals surface area contributed by atoms with Crippen LogP contribution >= 0.6 is 15.9 Å². The molecule has 6 heteroatoms. The van der Waals surface area contributed by atoms with Gasteiger partial charge in [-0.2, -0.15) is 5.26 Å². The number of carbonyl (C=O) groups is 1. The number of benzene rings is 1. The van der Waals surface area contributed by atoms with Gasteiger partial charge in [-0.1, -0.05) is 26.0 Å². The Morgan fingerprint density at radius 3 is 2.50 bits per heavy atom. The molecule has 1 saturated heterocycles. The van der Waals surface area contributed by atoms with Gasteiger partial charge in [0.05, 0.1) is 11.6 Å². The summed E-state index contributed by atoms with van der Waals surface area (Å²) in [7, 11) is 0. The highest BCUT2D eigenvalue weighted by Crippen LogP contribution is 2.35. The van der Waals surface area contributed by atoms with Crippen molar-refractivity contribution in [3.63, 3.8) is 0 Å². The van der Waals surface area contributed by atoms with Gasteiger partial charge in [0.2, 0.25) is 0 Å². The molecule has 1 heterocycles. The molecule has 116 valence electrons. The molecule has 1 aromatic carbocycles. The van der Waals surface area contributed by atoms with Crippen molar-refractivity contribution < 1.29 is 4.79 Å². The molecule has 0 N–H and O–H groups in total. The summed E-state index contributed by atoms with van der Waals surface area (Å²) in [6.45, 7) is 7.33. The molecule has 0 spiro atoms. The van der Waals surface area contributed by atoms with E-state index in [-0.39, 0.29) is 5.78 Å². The van der Waals surface area contributed by atoms with Crippen LogP contribution in [-0.4, -0.2) is 23.9 Å². The first-order valence-electron chi connectivity index (χ1n) is 7.28. The van der Waals surface area contributed by atoms with Gasteiger partial charge in [0.15, 0.2) is 5.78 Å². The van der Waals surface area contributed by atoms with Crippen molar-refractivity contribution >= 4 is 27.4 Å². The third kappa shape index (κ3) is 3.72. The molecule has 1 aliphatic rings. The number of ketones is 1. The number of carbonyl (C=O) groups excluding carboxylic acids is 1. The fraction of sp³-hybridized carbons (Fsp3) is 0.500. The normalized spacial score (nSPS) is 15.3. The lowest BCUT2D eigenvalue weighted by Gasteiger charge is -2.18. The first kappa shape index (κ1) is 16.6. The number of nitrogens with zero attached hydrogens (tertiary/aromatic N) is 4. The quantitative estimate of drug-likeness (QED) is 0.580. The second kappa shape index (κ2) is 6.57. The minimum atomic E-state index is -0.550. The van der Waals surface area contributed by atoms with Gasteiger partial charge in [0.25, 0.3) is 0 Å². The summed E-state index contributed by atoms with van der Waals surface area (Å²) >= 11 is 3.41. The maximum atomic E-state index is 12.7. The Labute approximate surface area is 139 Å². The van der Waals surface area contributed by atoms with E-state index in [0.29, 0.717) is 21.3 Å². The van der Waals surface area contributed by atoms with Crippen LogP contribution in [0.1, 0.15) is 49.5 Å². The van der Waals surface area contributed by atoms with Crippen LogP contribution in [-0.2, 0) is 0 Å². The topological polar surface area (TPSA) is 68.8 Å². The zero-order chi connectivity index (χ0) is 16.3. The fourth-order valence-electron chi connectivity index (χ4n) is 2.24. The molecule has 5 nitrogen and oxygen atoms in total. The molecule has 1 aliphatic heterocycles. The number of hydrogen-bond acceptors (Lipinski definition) is 4. The smallest absolute Gasteiger partial charge is 0.170 e. The summed E-state index contributed by atoms with van der Waals surface area (Å²) in [6, 6.07) is 5.33. The van der Waals surface area contributed by atoms with Crippen LogP contribution in [0.25, 0.3) is 0 Å². The molecule has 2 rings (SSSR count). The largest absolute Gasteiger partial charge is 0.294 e. The first-order chi connectivity index (χ1) is 10.3. The highest BCUT2D eigenvalue weighted by Gasteiger charge is 2.27. The van der Waals surface area contributed by atoms with Gasteiger partial charge in [-0.3, -0.25) is 9.80 Å². The molecule has 22 heavy (non-hydrogen) atoms. The highest BCUT2D eigenvalue weighted by molar-refractivity contribution is 9.10. The van der Waals surface area contributed by atoms with E-state index in [0.717, 1.165) is 25.9 Å². The Bertz CT molecular complexity index is 649. The van der Waals surface area contributed by atoms with Crippen molar-refractivity contribution in [1.29, 1.82) is 5.26 Å². The first-order valence-corrected chi connectivity index (χ1v) is 8.07. The number of Topliss-reactive ketones (excluding diaryl/α,β-unsaturated/α-hetero) is 1. The summed E-state index contributed by atoms with van der Waals surface area (Å²) < 4.78 is 0.613. The Morgan fingerprint density at radius 2 is 1.95 bits per heavy atom. The van der Waals surface area contributed by atoms with Crippen LogP contribution in [0, 0.1) is 16.7 Å². The van der Waals surface area contributed by atoms with Gasteiger partial charge in [-0.05, 0) is 40.9 Å². The van der Waals surface area contributed by atoms with Crippen molar-refractivity contribution in [3.05, 3.63) is 27.7 Å². The molecule has 1 aromatic rings. The SMILES string of the molecule is CC(C)(C)C(=O)c1cc(C#N)cc(Br)c1N=NN1CCCC1. The monoisotopic (exact) mass is 362 g/mol. The van der Waals surface area contributed by atoms with E-state index in [1.54, 1.807) is 12.1 Å². The maximum Gasteiger partial charge on any atom is 0.170 e. The minimum absolute atomic E-state index is 0.0549. The van der Waals surface area contributed by atoms with E-state index in [9.17, 15) is 4.79 Å². The average molecular weight is 363 g/mol. The lowest BCUT2D eigenvalue weighted by Crippen LogP contribution is -2.20. The van der Waals surface area contributed by atoms with Crippen molar-refractivity contribution in [2.24, 2.45) is 15.8 Å². The van der Waals surface area contributed by atoms with Crippen molar-refractivity contribution in [1.82, 2.24) is 5.01 Å². The molecule has 0 saturated carbocycles. The van der Waals surface area contributed by atoms with Crippen LogP contribution in [0.2, 0.25) is 0 Å². The molecule has 0 bridgehead atoms. The zero-order valence-electron chi connectivity index (χ0n) is 13.1. The maximum absolute atomic E-state index is 12.7. The summed E-state index contributed by atoms with van der Waals surface area (Å²) in [6.07, 6.45) is 2.22. The molecule has 0 radical (unpaired) electrons. The van der Waals surface area contributed by atoms with Crippen molar-refractivity contribution in [2.75, 3.05) is 13.1 Å². The van der Waals surface area contributed by atoms with E-state index in [4.69, 9.17) is 5.26 Å². The summed E-state index contributed by atoms with van der Waals surface area (Å²) in [5.74, 6) is -0.0549. The third-order valence-electron chi connectivity index (χ3n) is 3.47. The predicted molar refractivity (Wildman–Crippen MR) is 88.0 cm³/mol. The molecule has 0 amide bonds. The highest BCUT2D eigenvalue weighted by atomic mass is 79.9. The van der Waals surface area contributed by atoms with Crippen LogP contribution in [0.5, 0.6) is 0 Å². The van der Waals surface area contributed by atoms with E-state index in [1.807, 2.05) is 25.8 Å². The van der Waals surface area contributed by atoms with E-state index in [2.05, 4.69) is 32.3 Å². The summed E-state index contributed by atoms with van der Waals surface area (Å²) in [5, 5.41) is 19.5. The molecule has 0 aliphatic carbocycles. The lowest BCUT2D eigenvalue weighted by molar-refractivity contribution is 0.0859. The van der Waals surface area contributed by atoms with E-state index in [1.165, 1.54) is 0 Å². The predicted octanol–water partition coefficient (Wildman–Crippen LogP) is 4.64. The third-order valence-corrected chi connectivity index (χ3v) is 4.08.